The summed E-state index contributed by atoms with van der Waals surface area (Å²) >= 11 is 0. The average Bonchev–Trinajstić information content (AvgIpc) is 2.18. The van der Waals surface area contributed by atoms with Gasteiger partial charge in [-0.15, -0.1) is 30.2 Å². The molecule has 0 aliphatic carbocycles. The topological polar surface area (TPSA) is 105 Å². The Kier molecular flexibility index (Phi) is 6.04. The highest BCUT2D eigenvalue weighted by molar-refractivity contribution is 4.99. The quantitative estimate of drug-likeness (QED) is 0.411. The standard InChI is InChI=1S/C6H6.N2O6/c1-2-4-6-5-3-1;3-1(4)7-8-2(5)6/h1-6H;. The summed E-state index contributed by atoms with van der Waals surface area (Å²) < 4.78 is 0. The second-order valence-corrected chi connectivity index (χ2v) is 1.75. The molecule has 0 heterocycles. The summed E-state index contributed by atoms with van der Waals surface area (Å²) in [5.74, 6) is 0. The van der Waals surface area contributed by atoms with Crippen LogP contribution in [0.3, 0.4) is 0 Å². The third-order valence-corrected chi connectivity index (χ3v) is 0.822. The molecule has 0 saturated carbocycles. The lowest BCUT2D eigenvalue weighted by Gasteiger charge is -1.86. The highest BCUT2D eigenvalue weighted by atomic mass is 17.4. The first-order chi connectivity index (χ1) is 6.63. The summed E-state index contributed by atoms with van der Waals surface area (Å²) in [6.07, 6.45) is 0. The molecule has 14 heavy (non-hydrogen) atoms. The van der Waals surface area contributed by atoms with Gasteiger partial charge in [-0.25, -0.2) is 0 Å². The normalized spacial score (nSPS) is 7.71. The molecular weight excluding hydrogens is 196 g/mol. The van der Waals surface area contributed by atoms with Crippen molar-refractivity contribution in [1.29, 1.82) is 0 Å². The molecule has 1 aromatic carbocycles. The van der Waals surface area contributed by atoms with Crippen LogP contribution in [0.4, 0.5) is 0 Å². The molecule has 0 atom stereocenters. The van der Waals surface area contributed by atoms with Crippen LogP contribution in [0.1, 0.15) is 0 Å². The van der Waals surface area contributed by atoms with Crippen LogP contribution in [0.15, 0.2) is 36.4 Å². The van der Waals surface area contributed by atoms with Gasteiger partial charge < -0.3 is 0 Å². The van der Waals surface area contributed by atoms with Gasteiger partial charge in [0.05, 0.1) is 0 Å². The molecule has 0 N–H and O–H groups in total. The van der Waals surface area contributed by atoms with Gasteiger partial charge in [0.25, 0.3) is 0 Å². The van der Waals surface area contributed by atoms with Gasteiger partial charge in [0, 0.05) is 0 Å². The third kappa shape index (κ3) is 9.62. The molecule has 76 valence electrons. The van der Waals surface area contributed by atoms with Crippen LogP contribution in [0, 0.1) is 20.2 Å². The zero-order valence-corrected chi connectivity index (χ0v) is 6.81. The van der Waals surface area contributed by atoms with Crippen LogP contribution in [-0.2, 0) is 9.98 Å². The summed E-state index contributed by atoms with van der Waals surface area (Å²) in [7, 11) is 0. The molecule has 0 unspecified atom stereocenters. The lowest BCUT2D eigenvalue weighted by molar-refractivity contribution is -1.00. The molecule has 0 aliphatic rings. The van der Waals surface area contributed by atoms with Crippen LogP contribution in [0.5, 0.6) is 0 Å². The van der Waals surface area contributed by atoms with E-state index in [0.29, 0.717) is 0 Å². The fourth-order valence-electron chi connectivity index (χ4n) is 0.439. The molecule has 1 aromatic rings. The fourth-order valence-corrected chi connectivity index (χ4v) is 0.439. The highest BCUT2D eigenvalue weighted by Gasteiger charge is 1.97. The van der Waals surface area contributed by atoms with Crippen molar-refractivity contribution in [1.82, 2.24) is 0 Å². The Bertz CT molecular complexity index is 236. The molecule has 0 saturated heterocycles. The molecule has 0 radical (unpaired) electrons. The number of rotatable bonds is 3. The molecule has 0 spiro atoms. The van der Waals surface area contributed by atoms with E-state index in [1.54, 1.807) is 0 Å². The minimum atomic E-state index is -1.44. The molecule has 0 aliphatic heterocycles. The van der Waals surface area contributed by atoms with E-state index in [1.807, 2.05) is 36.4 Å². The summed E-state index contributed by atoms with van der Waals surface area (Å²) in [6.45, 7) is 0. The molecule has 8 heteroatoms. The Morgan fingerprint density at radius 2 is 0.929 bits per heavy atom. The van der Waals surface area contributed by atoms with E-state index in [0.717, 1.165) is 0 Å². The molecule has 0 fully saturated rings. The molecular formula is C6H6N2O6. The third-order valence-electron chi connectivity index (χ3n) is 0.822. The first-order valence-electron chi connectivity index (χ1n) is 3.26. The monoisotopic (exact) mass is 202 g/mol. The molecule has 0 bridgehead atoms. The predicted octanol–water partition coefficient (Wildman–Crippen LogP) is 1.00. The number of benzene rings is 1. The Morgan fingerprint density at radius 3 is 1.07 bits per heavy atom. The Balaban J connectivity index is 0.000000249. The predicted molar refractivity (Wildman–Crippen MR) is 42.6 cm³/mol. The summed E-state index contributed by atoms with van der Waals surface area (Å²) in [5, 5.41) is 15.2. The number of hydrogen-bond donors (Lipinski definition) is 0. The van der Waals surface area contributed by atoms with Crippen LogP contribution in [-0.4, -0.2) is 10.2 Å². The van der Waals surface area contributed by atoms with Crippen molar-refractivity contribution in [3.05, 3.63) is 56.6 Å². The summed E-state index contributed by atoms with van der Waals surface area (Å²) in [4.78, 5) is 23.8. The summed E-state index contributed by atoms with van der Waals surface area (Å²) in [5.41, 5.74) is 0. The van der Waals surface area contributed by atoms with E-state index in [1.165, 1.54) is 0 Å². The van der Waals surface area contributed by atoms with E-state index in [9.17, 15) is 0 Å². The zero-order valence-electron chi connectivity index (χ0n) is 6.81. The van der Waals surface area contributed by atoms with Crippen LogP contribution in [0.25, 0.3) is 0 Å². The first-order valence-corrected chi connectivity index (χ1v) is 3.26. The second-order valence-electron chi connectivity index (χ2n) is 1.75. The summed E-state index contributed by atoms with van der Waals surface area (Å²) in [6, 6.07) is 12.0. The van der Waals surface area contributed by atoms with Crippen molar-refractivity contribution < 1.29 is 20.1 Å². The van der Waals surface area contributed by atoms with Crippen molar-refractivity contribution in [2.75, 3.05) is 0 Å². The van der Waals surface area contributed by atoms with Crippen molar-refractivity contribution >= 4 is 0 Å². The van der Waals surface area contributed by atoms with Gasteiger partial charge >= 0.3 is 10.2 Å². The second kappa shape index (κ2) is 7.28. The van der Waals surface area contributed by atoms with E-state index in [4.69, 9.17) is 20.2 Å². The highest BCUT2D eigenvalue weighted by Crippen LogP contribution is 1.80. The zero-order chi connectivity index (χ0) is 10.8. The maximum Gasteiger partial charge on any atom is 0.322 e. The van der Waals surface area contributed by atoms with Crippen LogP contribution >= 0.6 is 0 Å². The van der Waals surface area contributed by atoms with E-state index >= 15 is 0 Å². The minimum Gasteiger partial charge on any atom is -0.107 e. The van der Waals surface area contributed by atoms with E-state index < -0.39 is 10.2 Å². The number of hydrogen-bond acceptors (Lipinski definition) is 6. The Hall–Kier alpha value is -2.38. The van der Waals surface area contributed by atoms with Gasteiger partial charge in [-0.3, -0.25) is 0 Å². The van der Waals surface area contributed by atoms with Crippen molar-refractivity contribution in [2.45, 2.75) is 0 Å². The van der Waals surface area contributed by atoms with Crippen LogP contribution in [0.2, 0.25) is 0 Å². The molecule has 8 nitrogen and oxygen atoms in total. The number of nitrogens with zero attached hydrogens (tertiary/aromatic N) is 2. The molecule has 0 amide bonds. The Morgan fingerprint density at radius 1 is 0.714 bits per heavy atom. The molecule has 0 aromatic heterocycles. The van der Waals surface area contributed by atoms with Gasteiger partial charge in [0.2, 0.25) is 0 Å². The molecule has 1 rings (SSSR count). The lowest BCUT2D eigenvalue weighted by Crippen LogP contribution is -2.06. The van der Waals surface area contributed by atoms with Gasteiger partial charge in [0.1, 0.15) is 0 Å². The lowest BCUT2D eigenvalue weighted by atomic mass is 10.4. The smallest absolute Gasteiger partial charge is 0.107 e. The van der Waals surface area contributed by atoms with Crippen LogP contribution < -0.4 is 0 Å². The van der Waals surface area contributed by atoms with E-state index in [2.05, 4.69) is 9.98 Å². The van der Waals surface area contributed by atoms with Gasteiger partial charge in [-0.2, -0.15) is 0 Å². The van der Waals surface area contributed by atoms with Crippen molar-refractivity contribution in [3.63, 3.8) is 0 Å². The first kappa shape index (κ1) is 11.6. The SMILES string of the molecule is O=[N+]([O-])OO[N+](=O)[O-].c1ccccc1. The maximum absolute atomic E-state index is 9.06. The largest absolute Gasteiger partial charge is 0.322 e. The average molecular weight is 202 g/mol. The van der Waals surface area contributed by atoms with Gasteiger partial charge in [0.15, 0.2) is 0 Å². The van der Waals surface area contributed by atoms with Gasteiger partial charge in [-0.1, -0.05) is 36.4 Å². The Labute approximate surface area is 77.8 Å². The minimum absolute atomic E-state index is 1.44. The maximum atomic E-state index is 9.06. The van der Waals surface area contributed by atoms with E-state index in [-0.39, 0.29) is 0 Å². The van der Waals surface area contributed by atoms with Crippen molar-refractivity contribution in [3.8, 4) is 0 Å². The fraction of sp³-hybridized carbons (Fsp3) is 0. The van der Waals surface area contributed by atoms with Gasteiger partial charge in [-0.05, 0) is 0 Å². The van der Waals surface area contributed by atoms with Crippen molar-refractivity contribution in [2.24, 2.45) is 0 Å².